The van der Waals surface area contributed by atoms with Crippen LogP contribution in [0.4, 0.5) is 0 Å². The highest BCUT2D eigenvalue weighted by atomic mass is 32.2. The van der Waals surface area contributed by atoms with E-state index in [2.05, 4.69) is 38.6 Å². The van der Waals surface area contributed by atoms with Crippen LogP contribution in [-0.4, -0.2) is 37.0 Å². The summed E-state index contributed by atoms with van der Waals surface area (Å²) in [5.41, 5.74) is 2.14. The van der Waals surface area contributed by atoms with Gasteiger partial charge in [0.2, 0.25) is 10.0 Å². The lowest BCUT2D eigenvalue weighted by Gasteiger charge is -2.37. The number of nitrogens with one attached hydrogen (secondary N) is 1. The molecule has 1 aromatic carbocycles. The molecule has 0 saturated carbocycles. The van der Waals surface area contributed by atoms with Crippen LogP contribution in [0.5, 0.6) is 0 Å². The lowest BCUT2D eigenvalue weighted by atomic mass is 9.96. The Morgan fingerprint density at radius 2 is 2.00 bits per heavy atom. The Bertz CT molecular complexity index is 710. The second-order valence-electron chi connectivity index (χ2n) is 8.08. The largest absolute Gasteiger partial charge is 0.417 e. The van der Waals surface area contributed by atoms with Gasteiger partial charge in [0.15, 0.2) is 8.32 Å². The van der Waals surface area contributed by atoms with Gasteiger partial charge in [-0.15, -0.1) is 0 Å². The molecule has 1 aromatic rings. The van der Waals surface area contributed by atoms with Crippen molar-refractivity contribution in [3.8, 4) is 0 Å². The Morgan fingerprint density at radius 3 is 2.60 bits per heavy atom. The van der Waals surface area contributed by atoms with E-state index in [9.17, 15) is 8.42 Å². The summed E-state index contributed by atoms with van der Waals surface area (Å²) in [6, 6.07) is 5.31. The van der Waals surface area contributed by atoms with Crippen LogP contribution in [0.3, 0.4) is 0 Å². The van der Waals surface area contributed by atoms with Gasteiger partial charge in [0.05, 0.1) is 17.6 Å². The zero-order valence-corrected chi connectivity index (χ0v) is 18.0. The van der Waals surface area contributed by atoms with Gasteiger partial charge in [-0.2, -0.15) is 0 Å². The Kier molecular flexibility index (Phi) is 6.16. The summed E-state index contributed by atoms with van der Waals surface area (Å²) >= 11 is 0. The topological polar surface area (TPSA) is 64.6 Å². The molecule has 1 heterocycles. The molecule has 1 N–H and O–H groups in total. The summed E-state index contributed by atoms with van der Waals surface area (Å²) in [5, 5.41) is 0.189. The molecule has 0 spiro atoms. The maximum atomic E-state index is 12.0. The van der Waals surface area contributed by atoms with Crippen LogP contribution in [-0.2, 0) is 25.6 Å². The molecule has 0 aliphatic carbocycles. The fraction of sp³-hybridized carbons (Fsp3) is 0.667. The third-order valence-corrected chi connectivity index (χ3v) is 11.3. The first kappa shape index (κ1) is 20.6. The molecule has 1 atom stereocenters. The zero-order chi connectivity index (χ0) is 18.9. The molecule has 1 aliphatic rings. The molecule has 0 saturated heterocycles. The summed E-state index contributed by atoms with van der Waals surface area (Å²) in [6.07, 6.45) is 1.50. The molecule has 25 heavy (non-hydrogen) atoms. The first-order chi connectivity index (χ1) is 11.5. The summed E-state index contributed by atoms with van der Waals surface area (Å²) in [5.74, 6) is 0. The van der Waals surface area contributed by atoms with Crippen molar-refractivity contribution in [2.75, 3.05) is 20.3 Å². The van der Waals surface area contributed by atoms with Crippen LogP contribution in [0.2, 0.25) is 18.1 Å². The van der Waals surface area contributed by atoms with Crippen molar-refractivity contribution in [1.29, 1.82) is 0 Å². The number of hydrogen-bond acceptors (Lipinski definition) is 4. The monoisotopic (exact) mass is 385 g/mol. The van der Waals surface area contributed by atoms with E-state index in [0.717, 1.165) is 24.0 Å². The van der Waals surface area contributed by atoms with Gasteiger partial charge in [-0.25, -0.2) is 13.1 Å². The maximum absolute atomic E-state index is 12.0. The number of benzene rings is 1. The zero-order valence-electron chi connectivity index (χ0n) is 16.2. The van der Waals surface area contributed by atoms with E-state index in [0.29, 0.717) is 18.1 Å². The van der Waals surface area contributed by atoms with Crippen molar-refractivity contribution < 1.29 is 17.6 Å². The standard InChI is InChI=1S/C18H31NO4SSi/c1-18(2,3)25(5,6)23-12-10-17-16-8-7-15(24(20,21)19-4)13-14(16)9-11-22-17/h7-8,13,17,19H,9-12H2,1-6H3. The smallest absolute Gasteiger partial charge is 0.240 e. The lowest BCUT2D eigenvalue weighted by Crippen LogP contribution is -2.41. The van der Waals surface area contributed by atoms with E-state index in [1.165, 1.54) is 7.05 Å². The van der Waals surface area contributed by atoms with E-state index < -0.39 is 18.3 Å². The first-order valence-corrected chi connectivity index (χ1v) is 13.2. The molecule has 1 aliphatic heterocycles. The Balaban J connectivity index is 2.10. The van der Waals surface area contributed by atoms with Crippen LogP contribution in [0.1, 0.15) is 44.4 Å². The minimum absolute atomic E-state index is 0.0279. The lowest BCUT2D eigenvalue weighted by molar-refractivity contribution is 0.0264. The molecule has 2 rings (SSSR count). The van der Waals surface area contributed by atoms with E-state index in [-0.39, 0.29) is 11.1 Å². The minimum atomic E-state index is -3.41. The van der Waals surface area contributed by atoms with Crippen LogP contribution >= 0.6 is 0 Å². The van der Waals surface area contributed by atoms with Gasteiger partial charge in [0.1, 0.15) is 0 Å². The maximum Gasteiger partial charge on any atom is 0.240 e. The molecule has 7 heteroatoms. The molecule has 0 radical (unpaired) electrons. The molecule has 0 amide bonds. The Morgan fingerprint density at radius 1 is 1.32 bits per heavy atom. The molecule has 5 nitrogen and oxygen atoms in total. The van der Waals surface area contributed by atoms with Gasteiger partial charge in [0.25, 0.3) is 0 Å². The van der Waals surface area contributed by atoms with Gasteiger partial charge in [0, 0.05) is 6.61 Å². The van der Waals surface area contributed by atoms with E-state index >= 15 is 0 Å². The summed E-state index contributed by atoms with van der Waals surface area (Å²) in [6.45, 7) is 12.5. The SMILES string of the molecule is CNS(=O)(=O)c1ccc2c(c1)CCOC2CCO[Si](C)(C)C(C)(C)C. The summed E-state index contributed by atoms with van der Waals surface area (Å²) in [7, 11) is -3.75. The first-order valence-electron chi connectivity index (χ1n) is 8.80. The number of ether oxygens (including phenoxy) is 1. The van der Waals surface area contributed by atoms with E-state index in [1.54, 1.807) is 12.1 Å². The van der Waals surface area contributed by atoms with E-state index in [1.807, 2.05) is 6.07 Å². The number of rotatable bonds is 6. The van der Waals surface area contributed by atoms with Gasteiger partial charge in [-0.3, -0.25) is 0 Å². The average molecular weight is 386 g/mol. The normalized spacial score (nSPS) is 18.9. The predicted octanol–water partition coefficient (Wildman–Crippen LogP) is 3.62. The van der Waals surface area contributed by atoms with Gasteiger partial charge in [-0.1, -0.05) is 26.8 Å². The second-order valence-corrected chi connectivity index (χ2v) is 14.8. The highest BCUT2D eigenvalue weighted by Gasteiger charge is 2.37. The van der Waals surface area contributed by atoms with Gasteiger partial charge < -0.3 is 9.16 Å². The molecule has 0 fully saturated rings. The number of fused-ring (bicyclic) bond motifs is 1. The van der Waals surface area contributed by atoms with Crippen molar-refractivity contribution in [2.45, 2.75) is 62.7 Å². The predicted molar refractivity (Wildman–Crippen MR) is 103 cm³/mol. The van der Waals surface area contributed by atoms with E-state index in [4.69, 9.17) is 9.16 Å². The summed E-state index contributed by atoms with van der Waals surface area (Å²) < 4.78 is 38.5. The third kappa shape index (κ3) is 4.71. The molecule has 0 aromatic heterocycles. The number of hydrogen-bond donors (Lipinski definition) is 1. The van der Waals surface area contributed by atoms with Crippen LogP contribution < -0.4 is 4.72 Å². The van der Waals surface area contributed by atoms with Gasteiger partial charge >= 0.3 is 0 Å². The summed E-state index contributed by atoms with van der Waals surface area (Å²) in [4.78, 5) is 0.312. The molecular weight excluding hydrogens is 354 g/mol. The third-order valence-electron chi connectivity index (χ3n) is 5.38. The highest BCUT2D eigenvalue weighted by molar-refractivity contribution is 7.89. The van der Waals surface area contributed by atoms with Crippen LogP contribution in [0, 0.1) is 0 Å². The van der Waals surface area contributed by atoms with Crippen molar-refractivity contribution in [2.24, 2.45) is 0 Å². The quantitative estimate of drug-likeness (QED) is 0.760. The number of sulfonamides is 1. The fourth-order valence-electron chi connectivity index (χ4n) is 2.68. The Hall–Kier alpha value is -0.733. The van der Waals surface area contributed by atoms with Crippen molar-refractivity contribution in [3.63, 3.8) is 0 Å². The highest BCUT2D eigenvalue weighted by Crippen LogP contribution is 2.37. The molecule has 0 bridgehead atoms. The van der Waals surface area contributed by atoms with Crippen molar-refractivity contribution in [1.82, 2.24) is 4.72 Å². The van der Waals surface area contributed by atoms with Crippen molar-refractivity contribution in [3.05, 3.63) is 29.3 Å². The van der Waals surface area contributed by atoms with Gasteiger partial charge in [-0.05, 0) is 61.3 Å². The second kappa shape index (κ2) is 7.48. The average Bonchev–Trinajstić information content (AvgIpc) is 2.53. The Labute approximate surface area is 153 Å². The van der Waals surface area contributed by atoms with Crippen molar-refractivity contribution >= 4 is 18.3 Å². The molecule has 1 unspecified atom stereocenters. The molecular formula is C18H31NO4SSi. The van der Waals surface area contributed by atoms with Crippen LogP contribution in [0.15, 0.2) is 23.1 Å². The molecule has 142 valence electrons. The minimum Gasteiger partial charge on any atom is -0.417 e. The fourth-order valence-corrected chi connectivity index (χ4v) is 4.52. The van der Waals surface area contributed by atoms with Crippen LogP contribution in [0.25, 0.3) is 0 Å².